The van der Waals surface area contributed by atoms with E-state index >= 15 is 0 Å². The Labute approximate surface area is 214 Å². The molecule has 5 heteroatoms. The van der Waals surface area contributed by atoms with Crippen molar-refractivity contribution in [2.24, 2.45) is 23.7 Å². The van der Waals surface area contributed by atoms with E-state index in [4.69, 9.17) is 4.74 Å². The Morgan fingerprint density at radius 2 is 1.33 bits per heavy atom. The predicted molar refractivity (Wildman–Crippen MR) is 139 cm³/mol. The van der Waals surface area contributed by atoms with E-state index in [0.29, 0.717) is 6.42 Å². The summed E-state index contributed by atoms with van der Waals surface area (Å²) in [5, 5.41) is 6.66. The first-order chi connectivity index (χ1) is 17.6. The first-order valence-electron chi connectivity index (χ1n) is 13.9. The van der Waals surface area contributed by atoms with E-state index in [-0.39, 0.29) is 29.5 Å². The molecule has 5 saturated carbocycles. The van der Waals surface area contributed by atoms with E-state index in [1.165, 1.54) is 19.3 Å². The molecule has 2 aromatic carbocycles. The van der Waals surface area contributed by atoms with Crippen molar-refractivity contribution >= 4 is 12.0 Å². The summed E-state index contributed by atoms with van der Waals surface area (Å²) in [4.78, 5) is 26.4. The molecule has 7 rings (SSSR count). The van der Waals surface area contributed by atoms with E-state index in [1.54, 1.807) is 0 Å². The van der Waals surface area contributed by atoms with Gasteiger partial charge in [-0.1, -0.05) is 67.1 Å². The number of nitrogens with one attached hydrogen (secondary N) is 2. The number of esters is 1. The molecule has 2 unspecified atom stereocenters. The second-order valence-corrected chi connectivity index (χ2v) is 12.0. The Kier molecular flexibility index (Phi) is 6.49. The summed E-state index contributed by atoms with van der Waals surface area (Å²) in [5.41, 5.74) is 1.94. The molecule has 0 saturated heterocycles. The van der Waals surface area contributed by atoms with Crippen LogP contribution in [0.15, 0.2) is 60.7 Å². The SMILES string of the molecule is O=C(NC1CCCC(C(=O)OC(c2ccccc2)c2ccccc2)C1)NC12CC3CC(CC(C3)C1)C2. The summed E-state index contributed by atoms with van der Waals surface area (Å²) in [6.07, 6.45) is 10.4. The normalized spacial score (nSPS) is 32.8. The van der Waals surface area contributed by atoms with E-state index in [1.807, 2.05) is 60.7 Å². The van der Waals surface area contributed by atoms with E-state index in [2.05, 4.69) is 10.6 Å². The lowest BCUT2D eigenvalue weighted by atomic mass is 9.53. The van der Waals surface area contributed by atoms with E-state index < -0.39 is 6.10 Å². The van der Waals surface area contributed by atoms with Crippen LogP contribution < -0.4 is 10.6 Å². The highest BCUT2D eigenvalue weighted by atomic mass is 16.5. The number of hydrogen-bond acceptors (Lipinski definition) is 3. The van der Waals surface area contributed by atoms with E-state index in [9.17, 15) is 9.59 Å². The third kappa shape index (κ3) is 5.02. The molecule has 0 spiro atoms. The van der Waals surface area contributed by atoms with Crippen molar-refractivity contribution in [3.63, 3.8) is 0 Å². The lowest BCUT2D eigenvalue weighted by Crippen LogP contribution is -2.62. The van der Waals surface area contributed by atoms with Crippen LogP contribution in [0.2, 0.25) is 0 Å². The first-order valence-corrected chi connectivity index (χ1v) is 13.9. The predicted octanol–water partition coefficient (Wildman–Crippen LogP) is 6.15. The van der Waals surface area contributed by atoms with Crippen molar-refractivity contribution in [1.82, 2.24) is 10.6 Å². The fraction of sp³-hybridized carbons (Fsp3) is 0.548. The monoisotopic (exact) mass is 486 g/mol. The topological polar surface area (TPSA) is 67.4 Å². The van der Waals surface area contributed by atoms with Gasteiger partial charge in [0, 0.05) is 11.6 Å². The third-order valence-corrected chi connectivity index (χ3v) is 9.20. The fourth-order valence-corrected chi connectivity index (χ4v) is 8.06. The maximum absolute atomic E-state index is 13.3. The van der Waals surface area contributed by atoms with Gasteiger partial charge in [0.05, 0.1) is 5.92 Å². The van der Waals surface area contributed by atoms with Crippen LogP contribution in [0, 0.1) is 23.7 Å². The Bertz CT molecular complexity index is 995. The molecular formula is C31H38N2O3. The second kappa shape index (κ2) is 9.91. The molecule has 0 heterocycles. The standard InChI is InChI=1S/C31H38N2O3/c34-29(36-28(24-8-3-1-4-9-24)25-10-5-2-6-11-25)26-12-7-13-27(17-26)32-30(35)33-31-18-21-14-22(19-31)16-23(15-21)20-31/h1-6,8-11,21-23,26-28H,7,12-20H2,(H2,32,33,35). The van der Waals surface area contributed by atoms with Gasteiger partial charge in [0.1, 0.15) is 0 Å². The van der Waals surface area contributed by atoms with Crippen LogP contribution in [0.1, 0.15) is 81.4 Å². The zero-order chi connectivity index (χ0) is 24.5. The summed E-state index contributed by atoms with van der Waals surface area (Å²) < 4.78 is 6.14. The minimum atomic E-state index is -0.424. The Balaban J connectivity index is 1.07. The Hall–Kier alpha value is -2.82. The number of benzene rings is 2. The Morgan fingerprint density at radius 1 is 0.778 bits per heavy atom. The van der Waals surface area contributed by atoms with Crippen LogP contribution in [0.25, 0.3) is 0 Å². The number of amides is 2. The van der Waals surface area contributed by atoms with Crippen molar-refractivity contribution in [1.29, 1.82) is 0 Å². The average Bonchev–Trinajstić information content (AvgIpc) is 2.87. The molecule has 2 aromatic rings. The van der Waals surface area contributed by atoms with E-state index in [0.717, 1.165) is 67.4 Å². The van der Waals surface area contributed by atoms with Gasteiger partial charge in [-0.2, -0.15) is 0 Å². The van der Waals surface area contributed by atoms with Gasteiger partial charge in [0.15, 0.2) is 6.10 Å². The quantitative estimate of drug-likeness (QED) is 0.482. The lowest BCUT2D eigenvalue weighted by Gasteiger charge is -2.56. The molecule has 5 fully saturated rings. The molecular weight excluding hydrogens is 448 g/mol. The molecule has 2 N–H and O–H groups in total. The van der Waals surface area contributed by atoms with Crippen molar-refractivity contribution in [3.8, 4) is 0 Å². The summed E-state index contributed by atoms with van der Waals surface area (Å²) in [6, 6.07) is 19.8. The molecule has 36 heavy (non-hydrogen) atoms. The minimum Gasteiger partial charge on any atom is -0.452 e. The summed E-state index contributed by atoms with van der Waals surface area (Å²) in [5.74, 6) is 2.03. The fourth-order valence-electron chi connectivity index (χ4n) is 8.06. The van der Waals surface area contributed by atoms with Gasteiger partial charge in [-0.15, -0.1) is 0 Å². The van der Waals surface area contributed by atoms with Crippen molar-refractivity contribution in [3.05, 3.63) is 71.8 Å². The highest BCUT2D eigenvalue weighted by Gasteiger charge is 2.51. The highest BCUT2D eigenvalue weighted by molar-refractivity contribution is 5.76. The molecule has 5 aliphatic carbocycles. The van der Waals surface area contributed by atoms with Crippen molar-refractivity contribution in [2.45, 2.75) is 81.9 Å². The van der Waals surface area contributed by atoms with Crippen LogP contribution in [-0.4, -0.2) is 23.6 Å². The number of carbonyl (C=O) groups excluding carboxylic acids is 2. The van der Waals surface area contributed by atoms with Gasteiger partial charge in [-0.05, 0) is 86.7 Å². The summed E-state index contributed by atoms with van der Waals surface area (Å²) in [6.45, 7) is 0. The lowest BCUT2D eigenvalue weighted by molar-refractivity contribution is -0.154. The van der Waals surface area contributed by atoms with Crippen LogP contribution in [-0.2, 0) is 9.53 Å². The summed E-state index contributed by atoms with van der Waals surface area (Å²) in [7, 11) is 0. The molecule has 5 nitrogen and oxygen atoms in total. The molecule has 190 valence electrons. The van der Waals surface area contributed by atoms with Gasteiger partial charge in [0.2, 0.25) is 0 Å². The first kappa shape index (κ1) is 23.6. The number of carbonyl (C=O) groups is 2. The average molecular weight is 487 g/mol. The van der Waals surface area contributed by atoms with Crippen LogP contribution in [0.5, 0.6) is 0 Å². The number of rotatable bonds is 6. The summed E-state index contributed by atoms with van der Waals surface area (Å²) >= 11 is 0. The van der Waals surface area contributed by atoms with Crippen LogP contribution in [0.3, 0.4) is 0 Å². The largest absolute Gasteiger partial charge is 0.452 e. The molecule has 5 aliphatic rings. The number of ether oxygens (including phenoxy) is 1. The van der Waals surface area contributed by atoms with Gasteiger partial charge < -0.3 is 15.4 Å². The van der Waals surface area contributed by atoms with Crippen molar-refractivity contribution in [2.75, 3.05) is 0 Å². The zero-order valence-corrected chi connectivity index (χ0v) is 21.0. The van der Waals surface area contributed by atoms with Crippen LogP contribution >= 0.6 is 0 Å². The minimum absolute atomic E-state index is 0.00439. The number of urea groups is 1. The third-order valence-electron chi connectivity index (χ3n) is 9.20. The molecule has 0 aliphatic heterocycles. The zero-order valence-electron chi connectivity index (χ0n) is 21.0. The molecule has 0 radical (unpaired) electrons. The molecule has 2 atom stereocenters. The maximum Gasteiger partial charge on any atom is 0.315 e. The number of hydrogen-bond donors (Lipinski definition) is 2. The highest BCUT2D eigenvalue weighted by Crippen LogP contribution is 2.55. The van der Waals surface area contributed by atoms with Gasteiger partial charge in [-0.25, -0.2) is 4.79 Å². The van der Waals surface area contributed by atoms with Crippen molar-refractivity contribution < 1.29 is 14.3 Å². The molecule has 2 amide bonds. The van der Waals surface area contributed by atoms with Gasteiger partial charge in [0.25, 0.3) is 0 Å². The second-order valence-electron chi connectivity index (χ2n) is 12.0. The maximum atomic E-state index is 13.3. The smallest absolute Gasteiger partial charge is 0.315 e. The van der Waals surface area contributed by atoms with Gasteiger partial charge in [-0.3, -0.25) is 4.79 Å². The Morgan fingerprint density at radius 3 is 1.89 bits per heavy atom. The molecule has 0 aromatic heterocycles. The van der Waals surface area contributed by atoms with Crippen LogP contribution in [0.4, 0.5) is 4.79 Å². The molecule has 4 bridgehead atoms. The van der Waals surface area contributed by atoms with Gasteiger partial charge >= 0.3 is 12.0 Å².